The normalized spacial score (nSPS) is 18.8. The third kappa shape index (κ3) is 2.54. The number of carbonyl (C=O) groups is 3. The summed E-state index contributed by atoms with van der Waals surface area (Å²) in [5.41, 5.74) is -0.0372. The van der Waals surface area contributed by atoms with Crippen molar-refractivity contribution in [1.82, 2.24) is 25.4 Å². The molecule has 1 saturated heterocycles. The summed E-state index contributed by atoms with van der Waals surface area (Å²) >= 11 is 0. The van der Waals surface area contributed by atoms with E-state index in [0.29, 0.717) is 11.3 Å². The number of urea groups is 1. The first-order valence-electron chi connectivity index (χ1n) is 8.26. The fourth-order valence-electron chi connectivity index (χ4n) is 3.17. The number of benzene rings is 1. The monoisotopic (exact) mass is 381 g/mol. The summed E-state index contributed by atoms with van der Waals surface area (Å²) in [6, 6.07) is 6.25. The van der Waals surface area contributed by atoms with E-state index in [4.69, 9.17) is 4.74 Å². The molecule has 3 aliphatic heterocycles. The zero-order valence-corrected chi connectivity index (χ0v) is 14.9. The first kappa shape index (κ1) is 17.5. The van der Waals surface area contributed by atoms with Crippen molar-refractivity contribution in [1.29, 1.82) is 0 Å². The SMILES string of the molecule is COC(=O)c1cn(-c2cccc([C@@]3(C)NC(=O)NC3=O)c2)cc2c(=O)[nH]nc1-2. The smallest absolute Gasteiger partial charge is 0.341 e. The Morgan fingerprint density at radius 2 is 2.00 bits per heavy atom. The molecule has 3 aliphatic rings. The molecule has 0 bridgehead atoms. The average Bonchev–Trinajstić information content (AvgIpc) is 3.19. The molecule has 10 nitrogen and oxygen atoms in total. The predicted octanol–water partition coefficient (Wildman–Crippen LogP) is 0.507. The van der Waals surface area contributed by atoms with Crippen LogP contribution in [0, 0.1) is 0 Å². The molecule has 3 amide bonds. The lowest BCUT2D eigenvalue weighted by Crippen LogP contribution is -2.40. The summed E-state index contributed by atoms with van der Waals surface area (Å²) in [7, 11) is 1.24. The van der Waals surface area contributed by atoms with Gasteiger partial charge in [-0.05, 0) is 24.6 Å². The molecule has 4 rings (SSSR count). The molecule has 142 valence electrons. The second-order valence-corrected chi connectivity index (χ2v) is 6.47. The molecule has 10 heteroatoms. The molecule has 0 aliphatic carbocycles. The zero-order chi connectivity index (χ0) is 20.1. The maximum absolute atomic E-state index is 12.2. The number of aromatic amines is 1. The van der Waals surface area contributed by atoms with Gasteiger partial charge in [0.1, 0.15) is 16.8 Å². The number of amides is 3. The number of methoxy groups -OCH3 is 1. The lowest BCUT2D eigenvalue weighted by molar-refractivity contribution is -0.123. The van der Waals surface area contributed by atoms with Crippen molar-refractivity contribution >= 4 is 17.9 Å². The van der Waals surface area contributed by atoms with E-state index in [9.17, 15) is 19.2 Å². The Morgan fingerprint density at radius 3 is 2.68 bits per heavy atom. The van der Waals surface area contributed by atoms with Crippen molar-refractivity contribution in [3.05, 3.63) is 58.1 Å². The van der Waals surface area contributed by atoms with Gasteiger partial charge in [0.05, 0.1) is 12.7 Å². The number of hydrogen-bond donors (Lipinski definition) is 3. The van der Waals surface area contributed by atoms with Gasteiger partial charge < -0.3 is 14.6 Å². The van der Waals surface area contributed by atoms with E-state index in [-0.39, 0.29) is 16.8 Å². The molecule has 0 spiro atoms. The minimum Gasteiger partial charge on any atom is -0.465 e. The maximum Gasteiger partial charge on any atom is 0.341 e. The maximum atomic E-state index is 12.2. The summed E-state index contributed by atoms with van der Waals surface area (Å²) in [5.74, 6) is -1.11. The summed E-state index contributed by atoms with van der Waals surface area (Å²) in [6.45, 7) is 1.59. The standard InChI is InChI=1S/C18H15N5O5/c1-18(16(26)19-17(27)20-18)9-4-3-5-10(6-9)23-7-11-13(21-22-14(11)24)12(8-23)15(25)28-2/h3-8H,1-2H3,(H,22,24)(H2,19,20,26,27)/t18-/m1/s1. The van der Waals surface area contributed by atoms with Gasteiger partial charge in [0.15, 0.2) is 0 Å². The quantitative estimate of drug-likeness (QED) is 0.447. The topological polar surface area (TPSA) is 135 Å². The van der Waals surface area contributed by atoms with Crippen molar-refractivity contribution in [3.8, 4) is 16.9 Å². The van der Waals surface area contributed by atoms with Crippen molar-refractivity contribution in [2.75, 3.05) is 7.11 Å². The van der Waals surface area contributed by atoms with Crippen LogP contribution in [0.2, 0.25) is 0 Å². The molecule has 28 heavy (non-hydrogen) atoms. The first-order valence-corrected chi connectivity index (χ1v) is 8.26. The third-order valence-corrected chi connectivity index (χ3v) is 4.73. The van der Waals surface area contributed by atoms with Crippen LogP contribution in [-0.2, 0) is 15.1 Å². The molecule has 1 fully saturated rings. The van der Waals surface area contributed by atoms with Crippen LogP contribution in [0.25, 0.3) is 16.9 Å². The first-order chi connectivity index (χ1) is 13.3. The number of esters is 1. The largest absolute Gasteiger partial charge is 0.465 e. The zero-order valence-electron chi connectivity index (χ0n) is 14.9. The minimum atomic E-state index is -1.23. The minimum absolute atomic E-state index is 0.113. The Morgan fingerprint density at radius 1 is 1.21 bits per heavy atom. The van der Waals surface area contributed by atoms with Crippen molar-refractivity contribution in [2.24, 2.45) is 0 Å². The molecule has 0 aromatic heterocycles. The number of nitrogens with zero attached hydrogens (tertiary/aromatic N) is 2. The number of ether oxygens (including phenoxy) is 1. The van der Waals surface area contributed by atoms with E-state index in [1.165, 1.54) is 19.5 Å². The number of hydrogen-bond acceptors (Lipinski definition) is 6. The molecule has 1 aromatic rings. The number of fused-ring (bicyclic) bond motifs is 1. The van der Waals surface area contributed by atoms with Crippen LogP contribution in [0.15, 0.2) is 41.5 Å². The van der Waals surface area contributed by atoms with Crippen LogP contribution < -0.4 is 16.2 Å². The molecular formula is C18H15N5O5. The highest BCUT2D eigenvalue weighted by atomic mass is 16.5. The molecule has 3 N–H and O–H groups in total. The lowest BCUT2D eigenvalue weighted by atomic mass is 9.92. The number of carbonyl (C=O) groups excluding carboxylic acids is 3. The number of pyridine rings is 1. The summed E-state index contributed by atoms with van der Waals surface area (Å²) in [6.07, 6.45) is 3.02. The van der Waals surface area contributed by atoms with Gasteiger partial charge in [0.25, 0.3) is 11.5 Å². The van der Waals surface area contributed by atoms with E-state index in [1.807, 2.05) is 0 Å². The highest BCUT2D eigenvalue weighted by Gasteiger charge is 2.43. The van der Waals surface area contributed by atoms with Crippen molar-refractivity contribution in [3.63, 3.8) is 0 Å². The Balaban J connectivity index is 1.88. The Bertz CT molecular complexity index is 1160. The third-order valence-electron chi connectivity index (χ3n) is 4.73. The van der Waals surface area contributed by atoms with Crippen LogP contribution in [0.5, 0.6) is 0 Å². The average molecular weight is 381 g/mol. The van der Waals surface area contributed by atoms with E-state index in [1.54, 1.807) is 35.8 Å². The Kier molecular flexibility index (Phi) is 3.77. The van der Waals surface area contributed by atoms with Gasteiger partial charge in [-0.25, -0.2) is 14.7 Å². The van der Waals surface area contributed by atoms with Gasteiger partial charge >= 0.3 is 12.0 Å². The molecule has 1 atom stereocenters. The van der Waals surface area contributed by atoms with Gasteiger partial charge in [-0.2, -0.15) is 5.10 Å². The number of H-pyrrole nitrogens is 1. The van der Waals surface area contributed by atoms with Crippen LogP contribution >= 0.6 is 0 Å². The molecule has 3 heterocycles. The second-order valence-electron chi connectivity index (χ2n) is 6.47. The second kappa shape index (κ2) is 6.05. The van der Waals surface area contributed by atoms with E-state index < -0.39 is 29.0 Å². The van der Waals surface area contributed by atoms with Crippen molar-refractivity contribution < 1.29 is 19.1 Å². The predicted molar refractivity (Wildman–Crippen MR) is 96.2 cm³/mol. The summed E-state index contributed by atoms with van der Waals surface area (Å²) < 4.78 is 6.35. The highest BCUT2D eigenvalue weighted by molar-refractivity contribution is 6.07. The summed E-state index contributed by atoms with van der Waals surface area (Å²) in [5, 5.41) is 11.0. The fourth-order valence-corrected chi connectivity index (χ4v) is 3.17. The fraction of sp³-hybridized carbons (Fsp3) is 0.167. The van der Waals surface area contributed by atoms with Gasteiger partial charge in [-0.1, -0.05) is 12.1 Å². The van der Waals surface area contributed by atoms with E-state index >= 15 is 0 Å². The number of imide groups is 1. The van der Waals surface area contributed by atoms with Gasteiger partial charge in [0.2, 0.25) is 0 Å². The highest BCUT2D eigenvalue weighted by Crippen LogP contribution is 2.28. The molecule has 1 aromatic carbocycles. The van der Waals surface area contributed by atoms with Gasteiger partial charge in [0, 0.05) is 18.1 Å². The Hall–Kier alpha value is -3.95. The number of rotatable bonds is 3. The lowest BCUT2D eigenvalue weighted by Gasteiger charge is -2.22. The van der Waals surface area contributed by atoms with Gasteiger partial charge in [-0.3, -0.25) is 14.9 Å². The molecule has 0 saturated carbocycles. The van der Waals surface area contributed by atoms with Crippen LogP contribution in [0.4, 0.5) is 4.79 Å². The van der Waals surface area contributed by atoms with Crippen LogP contribution in [0.3, 0.4) is 0 Å². The van der Waals surface area contributed by atoms with Crippen LogP contribution in [0.1, 0.15) is 22.8 Å². The summed E-state index contributed by atoms with van der Waals surface area (Å²) in [4.78, 5) is 47.9. The molecular weight excluding hydrogens is 366 g/mol. The van der Waals surface area contributed by atoms with Crippen molar-refractivity contribution in [2.45, 2.75) is 12.5 Å². The Labute approximate surface area is 157 Å². The molecule has 0 unspecified atom stereocenters. The van der Waals surface area contributed by atoms with Crippen LogP contribution in [-0.4, -0.2) is 39.8 Å². The van der Waals surface area contributed by atoms with E-state index in [2.05, 4.69) is 20.8 Å². The molecule has 0 radical (unpaired) electrons. The number of aromatic nitrogens is 3. The number of nitrogens with one attached hydrogen (secondary N) is 3. The van der Waals surface area contributed by atoms with Gasteiger partial charge in [-0.15, -0.1) is 0 Å². The van der Waals surface area contributed by atoms with E-state index in [0.717, 1.165) is 0 Å².